The molecule has 0 aliphatic carbocycles. The molecule has 0 N–H and O–H groups in total. The first kappa shape index (κ1) is 20.8. The zero-order valence-electron chi connectivity index (χ0n) is 17.8. The molecule has 0 bridgehead atoms. The summed E-state index contributed by atoms with van der Waals surface area (Å²) in [5.41, 5.74) is 4.66. The van der Waals surface area contributed by atoms with Gasteiger partial charge in [-0.25, -0.2) is 0 Å². The van der Waals surface area contributed by atoms with Gasteiger partial charge < -0.3 is 14.7 Å². The Balaban J connectivity index is 1.69. The number of aromatic nitrogens is 1. The average molecular weight is 395 g/mol. The van der Waals surface area contributed by atoms with Crippen LogP contribution in [0.2, 0.25) is 0 Å². The molecule has 2 heterocycles. The van der Waals surface area contributed by atoms with Crippen molar-refractivity contribution >= 4 is 17.5 Å². The number of hydrogen-bond acceptors (Lipinski definition) is 4. The number of nitrogens with zero attached hydrogens (tertiary/aromatic N) is 4. The van der Waals surface area contributed by atoms with E-state index in [1.807, 2.05) is 18.7 Å². The Bertz CT molecular complexity index is 884. The smallest absolute Gasteiger partial charge is 0.272 e. The van der Waals surface area contributed by atoms with Crippen LogP contribution in [0.3, 0.4) is 0 Å². The summed E-state index contributed by atoms with van der Waals surface area (Å²) in [5.74, 6) is -0.175. The van der Waals surface area contributed by atoms with E-state index in [1.165, 1.54) is 16.8 Å². The number of carbonyl (C=O) groups is 2. The van der Waals surface area contributed by atoms with Gasteiger partial charge in [-0.3, -0.25) is 14.6 Å². The summed E-state index contributed by atoms with van der Waals surface area (Å²) in [6.45, 7) is 12.3. The Labute approximate surface area is 173 Å². The van der Waals surface area contributed by atoms with Crippen LogP contribution in [-0.4, -0.2) is 65.9 Å². The summed E-state index contributed by atoms with van der Waals surface area (Å²) in [7, 11) is 0. The van der Waals surface area contributed by atoms with Crippen molar-refractivity contribution in [2.45, 2.75) is 27.7 Å². The predicted molar refractivity (Wildman–Crippen MR) is 116 cm³/mol. The van der Waals surface area contributed by atoms with Crippen molar-refractivity contribution < 1.29 is 9.59 Å². The molecule has 2 aromatic rings. The molecule has 1 fully saturated rings. The topological polar surface area (TPSA) is 56.8 Å². The molecule has 2 amide bonds. The maximum atomic E-state index is 13.0. The second kappa shape index (κ2) is 9.07. The lowest BCUT2D eigenvalue weighted by Crippen LogP contribution is -2.49. The number of anilines is 1. The molecule has 154 valence electrons. The highest BCUT2D eigenvalue weighted by Gasteiger charge is 2.25. The quantitative estimate of drug-likeness (QED) is 0.782. The summed E-state index contributed by atoms with van der Waals surface area (Å²) in [4.78, 5) is 35.7. The molecule has 0 unspecified atom stereocenters. The van der Waals surface area contributed by atoms with Crippen molar-refractivity contribution in [3.63, 3.8) is 0 Å². The Morgan fingerprint density at radius 1 is 1.03 bits per heavy atom. The molecule has 0 atom stereocenters. The zero-order chi connectivity index (χ0) is 21.0. The summed E-state index contributed by atoms with van der Waals surface area (Å²) < 4.78 is 0. The van der Waals surface area contributed by atoms with E-state index in [2.05, 4.69) is 41.9 Å². The molecule has 1 aliphatic heterocycles. The van der Waals surface area contributed by atoms with Crippen LogP contribution in [0.1, 0.15) is 45.8 Å². The van der Waals surface area contributed by atoms with Gasteiger partial charge in [0.05, 0.1) is 0 Å². The molecule has 3 rings (SSSR count). The first-order valence-electron chi connectivity index (χ1n) is 10.3. The number of carbonyl (C=O) groups excluding carboxylic acids is 2. The normalized spacial score (nSPS) is 14.1. The van der Waals surface area contributed by atoms with E-state index in [0.29, 0.717) is 37.4 Å². The standard InChI is InChI=1S/C23H30N4O2/c1-5-25(6-2)22(28)19-10-11-24-20(16-19)23(29)27-14-12-26(13-15-27)21-9-7-8-17(3)18(21)4/h7-11,16H,5-6,12-15H2,1-4H3. The Morgan fingerprint density at radius 2 is 1.72 bits per heavy atom. The van der Waals surface area contributed by atoms with Gasteiger partial charge in [-0.15, -0.1) is 0 Å². The highest BCUT2D eigenvalue weighted by atomic mass is 16.2. The molecule has 1 aromatic heterocycles. The fourth-order valence-corrected chi connectivity index (χ4v) is 3.76. The number of rotatable bonds is 5. The Morgan fingerprint density at radius 3 is 2.38 bits per heavy atom. The van der Waals surface area contributed by atoms with E-state index >= 15 is 0 Å². The van der Waals surface area contributed by atoms with Gasteiger partial charge in [-0.2, -0.15) is 0 Å². The van der Waals surface area contributed by atoms with Crippen molar-refractivity contribution in [3.05, 3.63) is 58.9 Å². The van der Waals surface area contributed by atoms with Gasteiger partial charge in [0.15, 0.2) is 0 Å². The monoisotopic (exact) mass is 394 g/mol. The first-order valence-corrected chi connectivity index (χ1v) is 10.3. The number of piperazine rings is 1. The van der Waals surface area contributed by atoms with Crippen LogP contribution >= 0.6 is 0 Å². The SMILES string of the molecule is CCN(CC)C(=O)c1ccnc(C(=O)N2CCN(c3cccc(C)c3C)CC2)c1. The minimum Gasteiger partial charge on any atom is -0.368 e. The van der Waals surface area contributed by atoms with Gasteiger partial charge in [0.2, 0.25) is 0 Å². The summed E-state index contributed by atoms with van der Waals surface area (Å²) in [6.07, 6.45) is 1.55. The predicted octanol–water partition coefficient (Wildman–Crippen LogP) is 3.14. The fraction of sp³-hybridized carbons (Fsp3) is 0.435. The van der Waals surface area contributed by atoms with Crippen molar-refractivity contribution in [2.24, 2.45) is 0 Å². The van der Waals surface area contributed by atoms with Crippen LogP contribution in [0.15, 0.2) is 36.5 Å². The lowest BCUT2D eigenvalue weighted by atomic mass is 10.1. The van der Waals surface area contributed by atoms with Gasteiger partial charge in [0, 0.05) is 56.7 Å². The van der Waals surface area contributed by atoms with Crippen molar-refractivity contribution in [1.29, 1.82) is 0 Å². The summed E-state index contributed by atoms with van der Waals surface area (Å²) in [5, 5.41) is 0. The minimum atomic E-state index is -0.111. The number of pyridine rings is 1. The molecule has 6 heteroatoms. The van der Waals surface area contributed by atoms with Crippen molar-refractivity contribution in [1.82, 2.24) is 14.8 Å². The molecule has 0 radical (unpaired) electrons. The zero-order valence-corrected chi connectivity index (χ0v) is 17.8. The van der Waals surface area contributed by atoms with Crippen LogP contribution < -0.4 is 4.90 Å². The van der Waals surface area contributed by atoms with Crippen LogP contribution in [0.25, 0.3) is 0 Å². The van der Waals surface area contributed by atoms with Crippen molar-refractivity contribution in [3.8, 4) is 0 Å². The molecular weight excluding hydrogens is 364 g/mol. The van der Waals surface area contributed by atoms with E-state index in [-0.39, 0.29) is 11.8 Å². The lowest BCUT2D eigenvalue weighted by molar-refractivity contribution is 0.0740. The van der Waals surface area contributed by atoms with Crippen LogP contribution in [0.4, 0.5) is 5.69 Å². The highest BCUT2D eigenvalue weighted by molar-refractivity contribution is 5.98. The maximum Gasteiger partial charge on any atom is 0.272 e. The molecule has 0 saturated carbocycles. The van der Waals surface area contributed by atoms with Crippen molar-refractivity contribution in [2.75, 3.05) is 44.2 Å². The second-order valence-electron chi connectivity index (χ2n) is 7.41. The number of amides is 2. The van der Waals surface area contributed by atoms with Crippen LogP contribution in [0.5, 0.6) is 0 Å². The van der Waals surface area contributed by atoms with E-state index in [1.54, 1.807) is 23.2 Å². The van der Waals surface area contributed by atoms with Crippen LogP contribution in [-0.2, 0) is 0 Å². The Hall–Kier alpha value is -2.89. The molecule has 0 spiro atoms. The fourth-order valence-electron chi connectivity index (χ4n) is 3.76. The van der Waals surface area contributed by atoms with Gasteiger partial charge in [0.25, 0.3) is 11.8 Å². The third-order valence-electron chi connectivity index (χ3n) is 5.76. The number of benzene rings is 1. The van der Waals surface area contributed by atoms with Gasteiger partial charge in [-0.05, 0) is 57.0 Å². The molecule has 1 saturated heterocycles. The highest BCUT2D eigenvalue weighted by Crippen LogP contribution is 2.24. The van der Waals surface area contributed by atoms with E-state index in [0.717, 1.165) is 13.1 Å². The van der Waals surface area contributed by atoms with Crippen LogP contribution in [0, 0.1) is 13.8 Å². The van der Waals surface area contributed by atoms with E-state index in [4.69, 9.17) is 0 Å². The van der Waals surface area contributed by atoms with Gasteiger partial charge in [0.1, 0.15) is 5.69 Å². The summed E-state index contributed by atoms with van der Waals surface area (Å²) in [6, 6.07) is 9.65. The van der Waals surface area contributed by atoms with E-state index in [9.17, 15) is 9.59 Å². The van der Waals surface area contributed by atoms with E-state index < -0.39 is 0 Å². The largest absolute Gasteiger partial charge is 0.368 e. The molecule has 1 aliphatic rings. The van der Waals surface area contributed by atoms with Gasteiger partial charge >= 0.3 is 0 Å². The Kier molecular flexibility index (Phi) is 6.52. The lowest BCUT2D eigenvalue weighted by Gasteiger charge is -2.37. The first-order chi connectivity index (χ1) is 14.0. The third-order valence-corrected chi connectivity index (χ3v) is 5.76. The molecule has 1 aromatic carbocycles. The summed E-state index contributed by atoms with van der Waals surface area (Å²) >= 11 is 0. The second-order valence-corrected chi connectivity index (χ2v) is 7.41. The van der Waals surface area contributed by atoms with Gasteiger partial charge in [-0.1, -0.05) is 12.1 Å². The third kappa shape index (κ3) is 4.42. The number of aryl methyl sites for hydroxylation is 1. The molecular formula is C23H30N4O2. The number of hydrogen-bond donors (Lipinski definition) is 0. The molecule has 6 nitrogen and oxygen atoms in total. The minimum absolute atomic E-state index is 0.0637. The average Bonchev–Trinajstić information content (AvgIpc) is 2.76. The molecule has 29 heavy (non-hydrogen) atoms. The maximum absolute atomic E-state index is 13.0.